The fourth-order valence-corrected chi connectivity index (χ4v) is 2.89. The predicted molar refractivity (Wildman–Crippen MR) is 88.4 cm³/mol. The number of hydrogen-bond donors (Lipinski definition) is 1. The summed E-state index contributed by atoms with van der Waals surface area (Å²) in [6.07, 6.45) is 0. The molecule has 0 radical (unpaired) electrons. The molecule has 9 nitrogen and oxygen atoms in total. The third kappa shape index (κ3) is 2.88. The second-order valence-electron chi connectivity index (χ2n) is 5.39. The molecule has 25 heavy (non-hydrogen) atoms. The van der Waals surface area contributed by atoms with E-state index in [-0.39, 0.29) is 6.61 Å². The van der Waals surface area contributed by atoms with Crippen molar-refractivity contribution < 1.29 is 19.0 Å². The van der Waals surface area contributed by atoms with Crippen LogP contribution in [0.2, 0.25) is 0 Å². The second kappa shape index (κ2) is 6.80. The highest BCUT2D eigenvalue weighted by Crippen LogP contribution is 2.40. The van der Waals surface area contributed by atoms with Crippen molar-refractivity contribution in [3.05, 3.63) is 36.0 Å². The number of anilines is 1. The Morgan fingerprint density at radius 1 is 1.32 bits per heavy atom. The van der Waals surface area contributed by atoms with Crippen LogP contribution in [0.3, 0.4) is 0 Å². The van der Waals surface area contributed by atoms with Crippen molar-refractivity contribution in [1.82, 2.24) is 20.2 Å². The van der Waals surface area contributed by atoms with Crippen LogP contribution in [-0.2, 0) is 9.53 Å². The molecule has 0 saturated carbocycles. The third-order valence-corrected chi connectivity index (χ3v) is 4.01. The molecule has 2 unspecified atom stereocenters. The molecule has 0 amide bonds. The van der Waals surface area contributed by atoms with Gasteiger partial charge in [-0.1, -0.05) is 17.7 Å². The average Bonchev–Trinajstić information content (AvgIpc) is 3.07. The minimum absolute atomic E-state index is 0.268. The molecule has 1 N–H and O–H groups in total. The molecule has 1 aromatic heterocycles. The smallest absolute Gasteiger partial charge is 0.317 e. The monoisotopic (exact) mass is 345 g/mol. The van der Waals surface area contributed by atoms with Gasteiger partial charge in [0.1, 0.15) is 12.0 Å². The number of hydrogen-bond acceptors (Lipinski definition) is 8. The van der Waals surface area contributed by atoms with Gasteiger partial charge in [0, 0.05) is 5.70 Å². The van der Waals surface area contributed by atoms with Gasteiger partial charge in [0.15, 0.2) is 11.5 Å². The zero-order valence-corrected chi connectivity index (χ0v) is 14.2. The first-order valence-electron chi connectivity index (χ1n) is 7.73. The molecule has 0 saturated heterocycles. The summed E-state index contributed by atoms with van der Waals surface area (Å²) in [7, 11) is 3.11. The Morgan fingerprint density at radius 2 is 2.08 bits per heavy atom. The number of esters is 1. The minimum atomic E-state index is -0.686. The predicted octanol–water partition coefficient (Wildman–Crippen LogP) is 1.40. The van der Waals surface area contributed by atoms with E-state index in [2.05, 4.69) is 27.4 Å². The lowest BCUT2D eigenvalue weighted by molar-refractivity contribution is -0.147. The van der Waals surface area contributed by atoms with Gasteiger partial charge >= 0.3 is 5.97 Å². The summed E-state index contributed by atoms with van der Waals surface area (Å²) in [4.78, 5) is 12.5. The number of nitrogens with zero attached hydrogens (tertiary/aromatic N) is 4. The lowest BCUT2D eigenvalue weighted by atomic mass is 9.89. The van der Waals surface area contributed by atoms with Crippen LogP contribution in [0.15, 0.2) is 30.5 Å². The number of tetrazole rings is 1. The summed E-state index contributed by atoms with van der Waals surface area (Å²) in [5.74, 6) is 0.449. The Hall–Kier alpha value is -3.10. The molecule has 1 aromatic carbocycles. The highest BCUT2D eigenvalue weighted by Gasteiger charge is 2.41. The van der Waals surface area contributed by atoms with E-state index in [1.165, 1.54) is 4.68 Å². The molecule has 132 valence electrons. The summed E-state index contributed by atoms with van der Waals surface area (Å²) < 4.78 is 17.4. The van der Waals surface area contributed by atoms with Crippen molar-refractivity contribution in [3.8, 4) is 11.5 Å². The Morgan fingerprint density at radius 3 is 2.76 bits per heavy atom. The van der Waals surface area contributed by atoms with E-state index in [0.717, 1.165) is 5.56 Å². The Bertz CT molecular complexity index is 804. The van der Waals surface area contributed by atoms with E-state index >= 15 is 0 Å². The number of methoxy groups -OCH3 is 2. The van der Waals surface area contributed by atoms with Gasteiger partial charge in [-0.3, -0.25) is 4.79 Å². The molecule has 0 spiro atoms. The lowest BCUT2D eigenvalue weighted by Crippen LogP contribution is -2.37. The number of benzene rings is 1. The van der Waals surface area contributed by atoms with E-state index < -0.39 is 17.9 Å². The molecular formula is C16H19N5O4. The fraction of sp³-hybridized carbons (Fsp3) is 0.375. The largest absolute Gasteiger partial charge is 0.493 e. The number of nitrogens with one attached hydrogen (secondary N) is 1. The van der Waals surface area contributed by atoms with Gasteiger partial charge in [-0.2, -0.15) is 0 Å². The highest BCUT2D eigenvalue weighted by molar-refractivity contribution is 5.79. The van der Waals surface area contributed by atoms with E-state index in [9.17, 15) is 4.79 Å². The molecule has 9 heteroatoms. The van der Waals surface area contributed by atoms with Crippen LogP contribution >= 0.6 is 0 Å². The van der Waals surface area contributed by atoms with Crippen molar-refractivity contribution in [1.29, 1.82) is 0 Å². The first-order valence-corrected chi connectivity index (χ1v) is 7.73. The van der Waals surface area contributed by atoms with Gasteiger partial charge in [0.05, 0.1) is 20.8 Å². The van der Waals surface area contributed by atoms with Crippen LogP contribution in [0.1, 0.15) is 18.5 Å². The quantitative estimate of drug-likeness (QED) is 0.812. The van der Waals surface area contributed by atoms with Crippen molar-refractivity contribution in [2.75, 3.05) is 26.1 Å². The molecule has 3 rings (SSSR count). The molecule has 2 heterocycles. The maximum Gasteiger partial charge on any atom is 0.317 e. The van der Waals surface area contributed by atoms with Crippen LogP contribution in [0.5, 0.6) is 11.5 Å². The topological polar surface area (TPSA) is 100 Å². The summed E-state index contributed by atoms with van der Waals surface area (Å²) in [6, 6.07) is 4.88. The molecule has 1 aliphatic heterocycles. The molecule has 0 bridgehead atoms. The zero-order valence-electron chi connectivity index (χ0n) is 14.2. The second-order valence-corrected chi connectivity index (χ2v) is 5.39. The van der Waals surface area contributed by atoms with Crippen LogP contribution in [0, 0.1) is 5.92 Å². The van der Waals surface area contributed by atoms with Crippen molar-refractivity contribution >= 4 is 11.9 Å². The third-order valence-electron chi connectivity index (χ3n) is 4.01. The van der Waals surface area contributed by atoms with E-state index in [4.69, 9.17) is 14.2 Å². The van der Waals surface area contributed by atoms with Crippen LogP contribution in [0.4, 0.5) is 5.95 Å². The molecule has 0 fully saturated rings. The fourth-order valence-electron chi connectivity index (χ4n) is 2.89. The maximum absolute atomic E-state index is 12.5. The number of carbonyl (C=O) groups is 1. The van der Waals surface area contributed by atoms with Crippen molar-refractivity contribution in [2.45, 2.75) is 13.0 Å². The molecular weight excluding hydrogens is 326 g/mol. The standard InChI is InChI=1S/C16H19N5O4/c1-5-25-15(22)13-9(2)17-16-18-19-20-21(16)14(13)10-6-7-11(23-3)12(8-10)24-4/h6-8,13-14H,2,5H2,1,3-4H3,(H,17,18,20). The van der Waals surface area contributed by atoms with Crippen LogP contribution in [-0.4, -0.2) is 47.0 Å². The summed E-state index contributed by atoms with van der Waals surface area (Å²) >= 11 is 0. The molecule has 0 aliphatic carbocycles. The summed E-state index contributed by atoms with van der Waals surface area (Å²) in [6.45, 7) is 5.98. The van der Waals surface area contributed by atoms with Gasteiger partial charge < -0.3 is 19.5 Å². The number of aromatic nitrogens is 4. The van der Waals surface area contributed by atoms with Crippen LogP contribution in [0.25, 0.3) is 0 Å². The number of rotatable bonds is 5. The Labute approximate surface area is 144 Å². The summed E-state index contributed by atoms with van der Waals surface area (Å²) in [5, 5.41) is 14.6. The molecule has 1 aliphatic rings. The first-order chi connectivity index (χ1) is 12.1. The van der Waals surface area contributed by atoms with Crippen LogP contribution < -0.4 is 14.8 Å². The normalized spacial score (nSPS) is 18.9. The Kier molecular flexibility index (Phi) is 4.55. The summed E-state index contributed by atoms with van der Waals surface area (Å²) in [5.41, 5.74) is 1.24. The van der Waals surface area contributed by atoms with Gasteiger partial charge in [0.25, 0.3) is 0 Å². The minimum Gasteiger partial charge on any atom is -0.493 e. The van der Waals surface area contributed by atoms with Crippen molar-refractivity contribution in [3.63, 3.8) is 0 Å². The van der Waals surface area contributed by atoms with E-state index in [0.29, 0.717) is 23.1 Å². The molecule has 2 aromatic rings. The average molecular weight is 345 g/mol. The maximum atomic E-state index is 12.5. The van der Waals surface area contributed by atoms with E-state index in [1.54, 1.807) is 33.3 Å². The van der Waals surface area contributed by atoms with Gasteiger partial charge in [0.2, 0.25) is 5.95 Å². The van der Waals surface area contributed by atoms with Gasteiger partial charge in [-0.25, -0.2) is 4.68 Å². The Balaban J connectivity index is 2.12. The number of fused-ring (bicyclic) bond motifs is 1. The SMILES string of the molecule is C=C1Nc2nnnn2C(c2ccc(OC)c(OC)c2)C1C(=O)OCC. The number of carbonyl (C=O) groups excluding carboxylic acids is 1. The zero-order chi connectivity index (χ0) is 18.0. The van der Waals surface area contributed by atoms with Gasteiger partial charge in [-0.05, 0) is 35.0 Å². The number of ether oxygens (including phenoxy) is 3. The highest BCUT2D eigenvalue weighted by atomic mass is 16.5. The van der Waals surface area contributed by atoms with E-state index in [1.807, 2.05) is 6.07 Å². The molecule has 2 atom stereocenters. The van der Waals surface area contributed by atoms with Gasteiger partial charge in [-0.15, -0.1) is 0 Å². The van der Waals surface area contributed by atoms with Crippen molar-refractivity contribution in [2.24, 2.45) is 5.92 Å². The lowest BCUT2D eigenvalue weighted by Gasteiger charge is -2.32. The first kappa shape index (κ1) is 16.7.